The van der Waals surface area contributed by atoms with Crippen molar-refractivity contribution < 1.29 is 28.3 Å². The summed E-state index contributed by atoms with van der Waals surface area (Å²) in [5, 5.41) is 0. The third kappa shape index (κ3) is 22.1. The standard InChI is InChI=1S/C29H58NO6P/c1-3-4-5-6-7-8-9-10-11-12-13-14-15-16-17-20-24-34-26-29(36-28(2)31)27-35-37(32,33)25-23-30-21-18-19-22-30/h29H,3-27H2,1-2H3,(H,32,33). The maximum atomic E-state index is 12.3. The van der Waals surface area contributed by atoms with Crippen molar-refractivity contribution in [1.29, 1.82) is 0 Å². The first-order valence-corrected chi connectivity index (χ1v) is 17.1. The van der Waals surface area contributed by atoms with E-state index in [2.05, 4.69) is 11.8 Å². The van der Waals surface area contributed by atoms with Crippen LogP contribution < -0.4 is 0 Å². The minimum atomic E-state index is -3.71. The fourth-order valence-electron chi connectivity index (χ4n) is 4.86. The van der Waals surface area contributed by atoms with Crippen LogP contribution in [0.1, 0.15) is 129 Å². The first kappa shape index (κ1) is 34.6. The van der Waals surface area contributed by atoms with Crippen molar-refractivity contribution in [2.24, 2.45) is 0 Å². The molecular formula is C29H58NO6P. The molecule has 1 heterocycles. The van der Waals surface area contributed by atoms with E-state index in [4.69, 9.17) is 14.0 Å². The van der Waals surface area contributed by atoms with Crippen molar-refractivity contribution >= 4 is 13.6 Å². The zero-order valence-corrected chi connectivity index (χ0v) is 25.0. The van der Waals surface area contributed by atoms with Gasteiger partial charge in [0.15, 0.2) is 0 Å². The highest BCUT2D eigenvalue weighted by molar-refractivity contribution is 7.52. The Bertz CT molecular complexity index is 585. The third-order valence-corrected chi connectivity index (χ3v) is 8.46. The van der Waals surface area contributed by atoms with Crippen LogP contribution in [0.3, 0.4) is 0 Å². The Kier molecular flexibility index (Phi) is 21.9. The fraction of sp³-hybridized carbons (Fsp3) is 0.966. The second kappa shape index (κ2) is 23.4. The lowest BCUT2D eigenvalue weighted by atomic mass is 10.0. The van der Waals surface area contributed by atoms with E-state index in [9.17, 15) is 14.3 Å². The summed E-state index contributed by atoms with van der Waals surface area (Å²) in [6, 6.07) is 0. The predicted octanol–water partition coefficient (Wildman–Crippen LogP) is 7.49. The van der Waals surface area contributed by atoms with Crippen molar-refractivity contribution in [3.8, 4) is 0 Å². The molecule has 2 atom stereocenters. The summed E-state index contributed by atoms with van der Waals surface area (Å²) in [6.45, 7) is 6.77. The Balaban J connectivity index is 1.95. The van der Waals surface area contributed by atoms with Gasteiger partial charge in [-0.3, -0.25) is 9.36 Å². The first-order valence-electron chi connectivity index (χ1n) is 15.4. The molecule has 0 spiro atoms. The van der Waals surface area contributed by atoms with Crippen LogP contribution in [0.15, 0.2) is 0 Å². The molecule has 0 aromatic rings. The van der Waals surface area contributed by atoms with Gasteiger partial charge in [0.25, 0.3) is 0 Å². The molecule has 2 unspecified atom stereocenters. The number of rotatable bonds is 26. The Hall–Kier alpha value is -0.460. The maximum Gasteiger partial charge on any atom is 0.329 e. The van der Waals surface area contributed by atoms with Gasteiger partial charge >= 0.3 is 13.6 Å². The van der Waals surface area contributed by atoms with Gasteiger partial charge < -0.3 is 23.8 Å². The molecule has 0 radical (unpaired) electrons. The van der Waals surface area contributed by atoms with Crippen LogP contribution in [0, 0.1) is 0 Å². The molecule has 0 aromatic carbocycles. The molecule has 0 saturated carbocycles. The average molecular weight is 548 g/mol. The number of unbranched alkanes of at least 4 members (excludes halogenated alkanes) is 15. The minimum Gasteiger partial charge on any atom is -0.458 e. The summed E-state index contributed by atoms with van der Waals surface area (Å²) in [5.41, 5.74) is 0. The quantitative estimate of drug-likeness (QED) is 0.0682. The van der Waals surface area contributed by atoms with Crippen molar-refractivity contribution in [3.05, 3.63) is 0 Å². The minimum absolute atomic E-state index is 0.0971. The molecular weight excluding hydrogens is 489 g/mol. The van der Waals surface area contributed by atoms with Gasteiger partial charge in [-0.1, -0.05) is 103 Å². The van der Waals surface area contributed by atoms with Gasteiger partial charge in [0.1, 0.15) is 6.10 Å². The molecule has 1 rings (SSSR count). The average Bonchev–Trinajstić information content (AvgIpc) is 3.39. The number of carbonyl (C=O) groups excluding carboxylic acids is 1. The second-order valence-corrected chi connectivity index (χ2v) is 12.8. The van der Waals surface area contributed by atoms with Gasteiger partial charge in [0.2, 0.25) is 0 Å². The lowest BCUT2D eigenvalue weighted by molar-refractivity contribution is -0.151. The second-order valence-electron chi connectivity index (χ2n) is 10.8. The van der Waals surface area contributed by atoms with E-state index in [1.807, 2.05) is 0 Å². The van der Waals surface area contributed by atoms with Gasteiger partial charge in [0, 0.05) is 20.1 Å². The molecule has 1 saturated heterocycles. The summed E-state index contributed by atoms with van der Waals surface area (Å²) in [7, 11) is -3.71. The summed E-state index contributed by atoms with van der Waals surface area (Å²) in [4.78, 5) is 23.7. The normalized spacial score (nSPS) is 16.6. The molecule has 0 aromatic heterocycles. The van der Waals surface area contributed by atoms with E-state index in [-0.39, 0.29) is 19.4 Å². The number of esters is 1. The van der Waals surface area contributed by atoms with E-state index in [0.717, 1.165) is 38.8 Å². The SMILES string of the molecule is CCCCCCCCCCCCCCCCCCOCC(COP(=O)(O)CCN1CCCC1)OC(C)=O. The molecule has 0 amide bonds. The van der Waals surface area contributed by atoms with E-state index < -0.39 is 19.7 Å². The van der Waals surface area contributed by atoms with E-state index >= 15 is 0 Å². The molecule has 220 valence electrons. The van der Waals surface area contributed by atoms with Gasteiger partial charge in [-0.15, -0.1) is 0 Å². The predicted molar refractivity (Wildman–Crippen MR) is 152 cm³/mol. The van der Waals surface area contributed by atoms with Crippen LogP contribution in [-0.2, 0) is 23.4 Å². The summed E-state index contributed by atoms with van der Waals surface area (Å²) >= 11 is 0. The van der Waals surface area contributed by atoms with Crippen molar-refractivity contribution in [2.45, 2.75) is 136 Å². The van der Waals surface area contributed by atoms with Crippen LogP contribution >= 0.6 is 7.60 Å². The molecule has 0 aliphatic carbocycles. The van der Waals surface area contributed by atoms with E-state index in [1.165, 1.54) is 96.8 Å². The summed E-state index contributed by atoms with van der Waals surface area (Å²) < 4.78 is 28.5. The number of hydrogen-bond acceptors (Lipinski definition) is 6. The Labute approximate surface area is 227 Å². The fourth-order valence-corrected chi connectivity index (χ4v) is 5.92. The lowest BCUT2D eigenvalue weighted by Gasteiger charge is -2.21. The van der Waals surface area contributed by atoms with Gasteiger partial charge in [0.05, 0.1) is 19.4 Å². The third-order valence-electron chi connectivity index (χ3n) is 7.14. The van der Waals surface area contributed by atoms with Crippen LogP contribution in [0.4, 0.5) is 0 Å². The number of nitrogens with zero attached hydrogens (tertiary/aromatic N) is 1. The molecule has 37 heavy (non-hydrogen) atoms. The molecule has 7 nitrogen and oxygen atoms in total. The highest BCUT2D eigenvalue weighted by atomic mass is 31.2. The lowest BCUT2D eigenvalue weighted by Crippen LogP contribution is -2.28. The summed E-state index contributed by atoms with van der Waals surface area (Å²) in [6.07, 6.45) is 23.0. The number of likely N-dealkylation sites (tertiary alicyclic amines) is 1. The van der Waals surface area contributed by atoms with Gasteiger partial charge in [-0.2, -0.15) is 0 Å². The van der Waals surface area contributed by atoms with Crippen molar-refractivity contribution in [1.82, 2.24) is 4.90 Å². The largest absolute Gasteiger partial charge is 0.458 e. The van der Waals surface area contributed by atoms with Gasteiger partial charge in [-0.25, -0.2) is 0 Å². The van der Waals surface area contributed by atoms with Crippen molar-refractivity contribution in [3.63, 3.8) is 0 Å². The van der Waals surface area contributed by atoms with Crippen LogP contribution in [0.2, 0.25) is 0 Å². The van der Waals surface area contributed by atoms with Gasteiger partial charge in [-0.05, 0) is 32.4 Å². The molecule has 0 bridgehead atoms. The zero-order valence-electron chi connectivity index (χ0n) is 24.1. The van der Waals surface area contributed by atoms with E-state index in [0.29, 0.717) is 13.2 Å². The Morgan fingerprint density at radius 2 is 1.30 bits per heavy atom. The number of ether oxygens (including phenoxy) is 2. The maximum absolute atomic E-state index is 12.3. The Morgan fingerprint density at radius 1 is 0.811 bits per heavy atom. The molecule has 1 aliphatic heterocycles. The molecule has 8 heteroatoms. The monoisotopic (exact) mass is 547 g/mol. The highest BCUT2D eigenvalue weighted by Crippen LogP contribution is 2.41. The number of carbonyl (C=O) groups is 1. The van der Waals surface area contributed by atoms with Crippen LogP contribution in [-0.4, -0.2) is 67.5 Å². The molecule has 1 aliphatic rings. The molecule has 1 N–H and O–H groups in total. The van der Waals surface area contributed by atoms with Crippen LogP contribution in [0.5, 0.6) is 0 Å². The zero-order chi connectivity index (χ0) is 27.0. The topological polar surface area (TPSA) is 85.3 Å². The Morgan fingerprint density at radius 3 is 1.78 bits per heavy atom. The van der Waals surface area contributed by atoms with E-state index in [1.54, 1.807) is 0 Å². The van der Waals surface area contributed by atoms with Crippen molar-refractivity contribution in [2.75, 3.05) is 45.6 Å². The molecule has 1 fully saturated rings. The first-order chi connectivity index (χ1) is 17.9. The number of hydrogen-bond donors (Lipinski definition) is 1. The van der Waals surface area contributed by atoms with Crippen LogP contribution in [0.25, 0.3) is 0 Å². The smallest absolute Gasteiger partial charge is 0.329 e. The highest BCUT2D eigenvalue weighted by Gasteiger charge is 2.25. The summed E-state index contributed by atoms with van der Waals surface area (Å²) in [5.74, 6) is -0.440.